The van der Waals surface area contributed by atoms with Crippen LogP contribution in [-0.2, 0) is 0 Å². The largest absolute Gasteiger partial charge is 0.351 e. The van der Waals surface area contributed by atoms with Gasteiger partial charge in [-0.25, -0.2) is 4.98 Å². The summed E-state index contributed by atoms with van der Waals surface area (Å²) in [6.45, 7) is 0.495. The first-order chi connectivity index (χ1) is 5.36. The maximum atomic E-state index is 10.7. The van der Waals surface area contributed by atoms with Gasteiger partial charge in [-0.1, -0.05) is 0 Å². The molecule has 2 rings (SSSR count). The molecular formula is C6H6N4O. The van der Waals surface area contributed by atoms with Crippen molar-refractivity contribution in [2.24, 2.45) is 4.99 Å². The molecule has 0 radical (unpaired) electrons. The molecule has 5 heteroatoms. The number of nitrogens with zero attached hydrogens (tertiary/aromatic N) is 2. The van der Waals surface area contributed by atoms with Crippen molar-refractivity contribution in [3.63, 3.8) is 0 Å². The van der Waals surface area contributed by atoms with Gasteiger partial charge < -0.3 is 10.3 Å². The van der Waals surface area contributed by atoms with Crippen molar-refractivity contribution in [1.29, 1.82) is 0 Å². The number of nitrogens with one attached hydrogen (secondary N) is 2. The van der Waals surface area contributed by atoms with Crippen LogP contribution in [-0.4, -0.2) is 22.9 Å². The molecule has 11 heavy (non-hydrogen) atoms. The highest BCUT2D eigenvalue weighted by Gasteiger charge is 2.04. The van der Waals surface area contributed by atoms with Crippen LogP contribution in [0.2, 0.25) is 0 Å². The van der Waals surface area contributed by atoms with Crippen LogP contribution in [0.4, 0.5) is 5.82 Å². The summed E-state index contributed by atoms with van der Waals surface area (Å²) in [5.41, 5.74) is 0.474. The Morgan fingerprint density at radius 3 is 3.36 bits per heavy atom. The van der Waals surface area contributed by atoms with Crippen molar-refractivity contribution in [2.45, 2.75) is 0 Å². The first-order valence-electron chi connectivity index (χ1n) is 3.19. The lowest BCUT2D eigenvalue weighted by Crippen LogP contribution is -2.17. The van der Waals surface area contributed by atoms with E-state index >= 15 is 0 Å². The van der Waals surface area contributed by atoms with Crippen LogP contribution in [0, 0.1) is 0 Å². The van der Waals surface area contributed by atoms with E-state index in [1.807, 2.05) is 0 Å². The van der Waals surface area contributed by atoms with Gasteiger partial charge in [0.15, 0.2) is 0 Å². The Hall–Kier alpha value is -1.65. The third kappa shape index (κ3) is 1.000. The van der Waals surface area contributed by atoms with Gasteiger partial charge in [-0.15, -0.1) is 0 Å². The second-order valence-corrected chi connectivity index (χ2v) is 2.15. The number of rotatable bonds is 0. The van der Waals surface area contributed by atoms with Crippen molar-refractivity contribution in [2.75, 3.05) is 12.0 Å². The summed E-state index contributed by atoms with van der Waals surface area (Å²) in [4.78, 5) is 21.1. The Kier molecular flexibility index (Phi) is 1.21. The zero-order valence-corrected chi connectivity index (χ0v) is 5.66. The van der Waals surface area contributed by atoms with Crippen LogP contribution in [0.25, 0.3) is 0 Å². The van der Waals surface area contributed by atoms with E-state index in [0.717, 1.165) is 0 Å². The Morgan fingerprint density at radius 1 is 1.55 bits per heavy atom. The molecule has 0 saturated heterocycles. The molecule has 5 nitrogen and oxygen atoms in total. The molecule has 1 aromatic rings. The standard InChI is InChI=1S/C6H6N4O/c11-5-2-8-4-1-7-3-9-6(4)10-5/h1-2H,3H2,(H2,9,10,11). The summed E-state index contributed by atoms with van der Waals surface area (Å²) in [6, 6.07) is 0. The van der Waals surface area contributed by atoms with Crippen molar-refractivity contribution in [3.8, 4) is 0 Å². The van der Waals surface area contributed by atoms with E-state index in [0.29, 0.717) is 18.2 Å². The van der Waals surface area contributed by atoms with Crippen molar-refractivity contribution in [1.82, 2.24) is 9.97 Å². The topological polar surface area (TPSA) is 70.1 Å². The molecule has 0 aromatic carbocycles. The number of anilines is 1. The maximum absolute atomic E-state index is 10.7. The second-order valence-electron chi connectivity index (χ2n) is 2.15. The minimum Gasteiger partial charge on any atom is -0.351 e. The average Bonchev–Trinajstić information content (AvgIpc) is 2.04. The smallest absolute Gasteiger partial charge is 0.267 e. The molecule has 0 unspecified atom stereocenters. The van der Waals surface area contributed by atoms with Gasteiger partial charge in [-0.2, -0.15) is 0 Å². The highest BCUT2D eigenvalue weighted by atomic mass is 16.1. The summed E-state index contributed by atoms with van der Waals surface area (Å²) < 4.78 is 0. The molecule has 2 N–H and O–H groups in total. The minimum absolute atomic E-state index is 0.202. The van der Waals surface area contributed by atoms with E-state index in [4.69, 9.17) is 0 Å². The Labute approximate surface area is 62.2 Å². The number of aliphatic imine (C=N–C) groups is 1. The van der Waals surface area contributed by atoms with Crippen LogP contribution < -0.4 is 10.9 Å². The predicted molar refractivity (Wildman–Crippen MR) is 40.9 cm³/mol. The predicted octanol–water partition coefficient (Wildman–Crippen LogP) is -0.428. The molecule has 0 amide bonds. The van der Waals surface area contributed by atoms with Crippen LogP contribution in [0.3, 0.4) is 0 Å². The van der Waals surface area contributed by atoms with Crippen LogP contribution in [0.1, 0.15) is 5.69 Å². The van der Waals surface area contributed by atoms with Gasteiger partial charge in [0.2, 0.25) is 0 Å². The molecule has 2 heterocycles. The Balaban J connectivity index is 2.62. The van der Waals surface area contributed by atoms with E-state index in [-0.39, 0.29) is 5.56 Å². The van der Waals surface area contributed by atoms with Crippen LogP contribution in [0.5, 0.6) is 0 Å². The fraction of sp³-hybridized carbons (Fsp3) is 0.167. The Bertz CT molecular complexity index is 354. The molecule has 1 aromatic heterocycles. The third-order valence-electron chi connectivity index (χ3n) is 1.39. The summed E-state index contributed by atoms with van der Waals surface area (Å²) in [6.07, 6.45) is 2.86. The molecule has 0 aliphatic carbocycles. The van der Waals surface area contributed by atoms with Crippen LogP contribution >= 0.6 is 0 Å². The summed E-state index contributed by atoms with van der Waals surface area (Å²) in [7, 11) is 0. The van der Waals surface area contributed by atoms with Gasteiger partial charge in [0.25, 0.3) is 5.56 Å². The molecule has 0 spiro atoms. The normalized spacial score (nSPS) is 13.8. The first-order valence-corrected chi connectivity index (χ1v) is 3.19. The van der Waals surface area contributed by atoms with Crippen molar-refractivity contribution < 1.29 is 0 Å². The lowest BCUT2D eigenvalue weighted by Gasteiger charge is -2.08. The quantitative estimate of drug-likeness (QED) is 0.527. The van der Waals surface area contributed by atoms with Crippen molar-refractivity contribution in [3.05, 3.63) is 22.2 Å². The fourth-order valence-corrected chi connectivity index (χ4v) is 0.902. The minimum atomic E-state index is -0.202. The Morgan fingerprint density at radius 2 is 2.45 bits per heavy atom. The number of hydrogen-bond acceptors (Lipinski definition) is 4. The molecule has 0 fully saturated rings. The number of hydrogen-bond donors (Lipinski definition) is 2. The van der Waals surface area contributed by atoms with E-state index in [1.54, 1.807) is 6.21 Å². The summed E-state index contributed by atoms with van der Waals surface area (Å²) >= 11 is 0. The highest BCUT2D eigenvalue weighted by Crippen LogP contribution is 2.05. The molecule has 0 bridgehead atoms. The summed E-state index contributed by atoms with van der Waals surface area (Å²) in [5, 5.41) is 2.89. The van der Waals surface area contributed by atoms with E-state index in [2.05, 4.69) is 20.3 Å². The molecule has 0 saturated carbocycles. The number of fused-ring (bicyclic) bond motifs is 1. The van der Waals surface area contributed by atoms with E-state index in [1.165, 1.54) is 6.20 Å². The van der Waals surface area contributed by atoms with Gasteiger partial charge in [0.1, 0.15) is 18.2 Å². The van der Waals surface area contributed by atoms with Gasteiger partial charge >= 0.3 is 0 Å². The van der Waals surface area contributed by atoms with E-state index < -0.39 is 0 Å². The van der Waals surface area contributed by atoms with Gasteiger partial charge in [-0.3, -0.25) is 9.79 Å². The lowest BCUT2D eigenvalue weighted by atomic mass is 10.4. The second kappa shape index (κ2) is 2.19. The molecule has 1 aliphatic rings. The first kappa shape index (κ1) is 6.09. The summed E-state index contributed by atoms with van der Waals surface area (Å²) in [5.74, 6) is 0.646. The third-order valence-corrected chi connectivity index (χ3v) is 1.39. The molecular weight excluding hydrogens is 144 g/mol. The van der Waals surface area contributed by atoms with E-state index in [9.17, 15) is 4.79 Å². The van der Waals surface area contributed by atoms with Gasteiger partial charge in [0, 0.05) is 0 Å². The average molecular weight is 150 g/mol. The zero-order chi connectivity index (χ0) is 7.68. The zero-order valence-electron chi connectivity index (χ0n) is 5.66. The monoisotopic (exact) mass is 150 g/mol. The highest BCUT2D eigenvalue weighted by molar-refractivity contribution is 5.84. The molecule has 56 valence electrons. The van der Waals surface area contributed by atoms with Crippen LogP contribution in [0.15, 0.2) is 16.0 Å². The number of aromatic nitrogens is 2. The molecule has 0 atom stereocenters. The van der Waals surface area contributed by atoms with Gasteiger partial charge in [-0.05, 0) is 0 Å². The van der Waals surface area contributed by atoms with Gasteiger partial charge in [0.05, 0.1) is 12.4 Å². The maximum Gasteiger partial charge on any atom is 0.267 e. The van der Waals surface area contributed by atoms with Crippen molar-refractivity contribution >= 4 is 12.0 Å². The number of aromatic amines is 1. The molecule has 1 aliphatic heterocycles. The lowest BCUT2D eigenvalue weighted by molar-refractivity contribution is 1.03. The fourth-order valence-electron chi connectivity index (χ4n) is 0.902. The number of H-pyrrole nitrogens is 1. The SMILES string of the molecule is O=c1cnc2c([nH]1)NCN=C2.